The molecule has 2 aliphatic carbocycles. The van der Waals surface area contributed by atoms with Crippen LogP contribution < -0.4 is 14.2 Å². The molecule has 1 saturated carbocycles. The van der Waals surface area contributed by atoms with E-state index in [2.05, 4.69) is 22.3 Å². The van der Waals surface area contributed by atoms with Gasteiger partial charge in [-0.3, -0.25) is 4.90 Å². The zero-order valence-electron chi connectivity index (χ0n) is 20.9. The predicted octanol–water partition coefficient (Wildman–Crippen LogP) is 2.83. The molecule has 192 valence electrons. The molecule has 2 aromatic rings. The van der Waals surface area contributed by atoms with Gasteiger partial charge < -0.3 is 14.6 Å². The molecule has 5 atom stereocenters. The second-order valence-electron chi connectivity index (χ2n) is 10.8. The molecule has 2 heterocycles. The number of aliphatic hydroxyl groups is 1. The summed E-state index contributed by atoms with van der Waals surface area (Å²) in [7, 11) is -2.03. The van der Waals surface area contributed by atoms with E-state index in [-0.39, 0.29) is 11.8 Å². The van der Waals surface area contributed by atoms with E-state index in [9.17, 15) is 13.5 Å². The van der Waals surface area contributed by atoms with Gasteiger partial charge in [-0.15, -0.1) is 6.58 Å². The number of nitrogens with zero attached hydrogens (tertiary/aromatic N) is 1. The van der Waals surface area contributed by atoms with Crippen LogP contribution in [0.25, 0.3) is 0 Å². The lowest BCUT2D eigenvalue weighted by atomic mass is 9.48. The molecule has 8 heteroatoms. The van der Waals surface area contributed by atoms with Crippen molar-refractivity contribution in [1.29, 1.82) is 0 Å². The summed E-state index contributed by atoms with van der Waals surface area (Å²) in [6.45, 7) is 7.35. The molecule has 36 heavy (non-hydrogen) atoms. The van der Waals surface area contributed by atoms with Crippen LogP contribution in [0.2, 0.25) is 0 Å². The Morgan fingerprint density at radius 2 is 2.08 bits per heavy atom. The highest BCUT2D eigenvalue weighted by Crippen LogP contribution is 2.65. The van der Waals surface area contributed by atoms with Crippen molar-refractivity contribution in [3.63, 3.8) is 0 Å². The van der Waals surface area contributed by atoms with Gasteiger partial charge in [0.2, 0.25) is 10.0 Å². The van der Waals surface area contributed by atoms with E-state index in [1.807, 2.05) is 43.3 Å². The lowest BCUT2D eigenvalue weighted by Gasteiger charge is -2.64. The maximum Gasteiger partial charge on any atom is 0.216 e. The number of rotatable bonds is 7. The third kappa shape index (κ3) is 3.24. The number of methoxy groups -OCH3 is 1. The van der Waals surface area contributed by atoms with Crippen LogP contribution in [-0.4, -0.2) is 62.4 Å². The highest BCUT2D eigenvalue weighted by molar-refractivity contribution is 7.88. The summed E-state index contributed by atoms with van der Waals surface area (Å²) in [5.41, 5.74) is 2.18. The molecule has 2 aromatic carbocycles. The summed E-state index contributed by atoms with van der Waals surface area (Å²) in [5.74, 6) is 1.21. The minimum Gasteiger partial charge on any atom is -0.493 e. The Hall–Kier alpha value is -2.39. The molecule has 0 radical (unpaired) electrons. The van der Waals surface area contributed by atoms with Crippen molar-refractivity contribution in [2.75, 3.05) is 20.2 Å². The van der Waals surface area contributed by atoms with Crippen molar-refractivity contribution in [2.45, 2.75) is 67.6 Å². The zero-order chi connectivity index (χ0) is 25.3. The molecule has 2 N–H and O–H groups in total. The van der Waals surface area contributed by atoms with Gasteiger partial charge in [-0.2, -0.15) is 0 Å². The van der Waals surface area contributed by atoms with Crippen LogP contribution >= 0.6 is 0 Å². The van der Waals surface area contributed by atoms with Gasteiger partial charge in [-0.25, -0.2) is 13.1 Å². The van der Waals surface area contributed by atoms with Crippen molar-refractivity contribution >= 4 is 10.0 Å². The van der Waals surface area contributed by atoms with Crippen LogP contribution in [0.5, 0.6) is 11.5 Å². The lowest BCUT2D eigenvalue weighted by Crippen LogP contribution is -2.78. The average molecular weight is 511 g/mol. The van der Waals surface area contributed by atoms with E-state index in [1.54, 1.807) is 7.11 Å². The van der Waals surface area contributed by atoms with E-state index in [1.165, 1.54) is 0 Å². The summed E-state index contributed by atoms with van der Waals surface area (Å²) >= 11 is 0. The smallest absolute Gasteiger partial charge is 0.216 e. The molecule has 0 unspecified atom stereocenters. The van der Waals surface area contributed by atoms with Gasteiger partial charge in [-0.05, 0) is 61.9 Å². The fourth-order valence-corrected chi connectivity index (χ4v) is 9.05. The first kappa shape index (κ1) is 24.0. The Labute approximate surface area is 213 Å². The predicted molar refractivity (Wildman–Crippen MR) is 138 cm³/mol. The van der Waals surface area contributed by atoms with Gasteiger partial charge in [-0.1, -0.05) is 36.4 Å². The number of hydrogen-bond donors (Lipinski definition) is 2. The highest BCUT2D eigenvalue weighted by atomic mass is 32.2. The fourth-order valence-electron chi connectivity index (χ4n) is 7.54. The van der Waals surface area contributed by atoms with E-state index in [0.717, 1.165) is 35.2 Å². The Morgan fingerprint density at radius 3 is 2.83 bits per heavy atom. The Kier molecular flexibility index (Phi) is 5.54. The summed E-state index contributed by atoms with van der Waals surface area (Å²) < 4.78 is 42.1. The molecule has 2 fully saturated rings. The highest BCUT2D eigenvalue weighted by Gasteiger charge is 2.73. The van der Waals surface area contributed by atoms with Crippen LogP contribution in [0.15, 0.2) is 49.1 Å². The molecular formula is C28H34N2O5S. The van der Waals surface area contributed by atoms with Crippen molar-refractivity contribution in [2.24, 2.45) is 0 Å². The van der Waals surface area contributed by atoms with Crippen LogP contribution in [0.3, 0.4) is 0 Å². The van der Waals surface area contributed by atoms with E-state index < -0.39 is 33.2 Å². The second kappa shape index (κ2) is 8.31. The fraction of sp³-hybridized carbons (Fsp3) is 0.500. The quantitative estimate of drug-likeness (QED) is 0.557. The SMILES string of the molecule is C=CCN1CC[C@]23c4c5ccc(OC)c4O[C@H]2[C@H](NS(=O)(=O)Cc2ccccc2C)CC[C@@]3(O)[C@H]1C5. The van der Waals surface area contributed by atoms with Crippen LogP contribution in [0, 0.1) is 6.92 Å². The third-order valence-electron chi connectivity index (χ3n) is 9.08. The monoisotopic (exact) mass is 510 g/mol. The first-order valence-corrected chi connectivity index (χ1v) is 14.4. The third-order valence-corrected chi connectivity index (χ3v) is 10.4. The largest absolute Gasteiger partial charge is 0.493 e. The lowest BCUT2D eigenvalue weighted by molar-refractivity contribution is -0.188. The maximum absolute atomic E-state index is 13.4. The number of benzene rings is 2. The number of ether oxygens (including phenoxy) is 2. The molecule has 2 bridgehead atoms. The van der Waals surface area contributed by atoms with Crippen molar-refractivity contribution in [3.05, 3.63) is 71.3 Å². The molecule has 0 aromatic heterocycles. The van der Waals surface area contributed by atoms with Gasteiger partial charge >= 0.3 is 0 Å². The number of nitrogens with one attached hydrogen (secondary N) is 1. The average Bonchev–Trinajstić information content (AvgIpc) is 3.19. The summed E-state index contributed by atoms with van der Waals surface area (Å²) in [4.78, 5) is 2.32. The van der Waals surface area contributed by atoms with Crippen LogP contribution in [-0.2, 0) is 27.6 Å². The van der Waals surface area contributed by atoms with E-state index >= 15 is 0 Å². The number of piperidine rings is 1. The molecule has 7 nitrogen and oxygen atoms in total. The molecule has 1 saturated heterocycles. The van der Waals surface area contributed by atoms with Crippen molar-refractivity contribution < 1.29 is 23.0 Å². The normalized spacial score (nSPS) is 32.5. The Bertz CT molecular complexity index is 1330. The molecule has 4 aliphatic rings. The molecule has 2 aliphatic heterocycles. The topological polar surface area (TPSA) is 88.1 Å². The van der Waals surface area contributed by atoms with Gasteiger partial charge in [0.1, 0.15) is 6.10 Å². The summed E-state index contributed by atoms with van der Waals surface area (Å²) in [6, 6.07) is 11.0. The Morgan fingerprint density at radius 1 is 1.28 bits per heavy atom. The van der Waals surface area contributed by atoms with E-state index in [0.29, 0.717) is 37.3 Å². The van der Waals surface area contributed by atoms with Gasteiger partial charge in [0.25, 0.3) is 0 Å². The number of likely N-dealkylation sites (tertiary alicyclic amines) is 1. The minimum absolute atomic E-state index is 0.0771. The summed E-state index contributed by atoms with van der Waals surface area (Å²) in [5, 5.41) is 12.5. The van der Waals surface area contributed by atoms with Crippen LogP contribution in [0.1, 0.15) is 41.5 Å². The first-order chi connectivity index (χ1) is 17.2. The molecular weight excluding hydrogens is 476 g/mol. The van der Waals surface area contributed by atoms with E-state index in [4.69, 9.17) is 9.47 Å². The minimum atomic E-state index is -3.64. The Balaban J connectivity index is 1.41. The zero-order valence-corrected chi connectivity index (χ0v) is 21.7. The number of sulfonamides is 1. The molecule has 6 rings (SSSR count). The van der Waals surface area contributed by atoms with Gasteiger partial charge in [0.05, 0.1) is 29.9 Å². The number of aryl methyl sites for hydroxylation is 1. The first-order valence-electron chi connectivity index (χ1n) is 12.7. The standard InChI is InChI=1S/C28H34N2O5S/c1-4-14-30-15-13-27-24-19-9-10-22(34-3)25(24)35-26(27)21(11-12-28(27,31)23(30)16-19)29-36(32,33)17-20-8-6-5-7-18(20)2/h4-10,21,23,26,29,31H,1,11-17H2,2-3H3/t21-,23-,26+,27+,28-/m1/s1. The maximum atomic E-state index is 13.4. The van der Waals surface area contributed by atoms with Gasteiger partial charge in [0.15, 0.2) is 11.5 Å². The van der Waals surface area contributed by atoms with Crippen molar-refractivity contribution in [1.82, 2.24) is 9.62 Å². The van der Waals surface area contributed by atoms with Crippen LogP contribution in [0.4, 0.5) is 0 Å². The summed E-state index contributed by atoms with van der Waals surface area (Å²) in [6.07, 6.45) is 3.78. The second-order valence-corrected chi connectivity index (χ2v) is 12.5. The van der Waals surface area contributed by atoms with Gasteiger partial charge in [0, 0.05) is 18.2 Å². The molecule has 1 spiro atoms. The van der Waals surface area contributed by atoms with Crippen molar-refractivity contribution in [3.8, 4) is 11.5 Å². The number of hydrogen-bond acceptors (Lipinski definition) is 6. The molecule has 0 amide bonds.